The van der Waals surface area contributed by atoms with Crippen LogP contribution in [0.3, 0.4) is 0 Å². The Morgan fingerprint density at radius 2 is 2.21 bits per heavy atom. The molecule has 0 aromatic carbocycles. The number of halogens is 4. The number of hydrogen-bond acceptors (Lipinski definition) is 3. The van der Waals surface area contributed by atoms with Crippen LogP contribution in [0.2, 0.25) is 0 Å². The number of pyridine rings is 1. The van der Waals surface area contributed by atoms with Crippen molar-refractivity contribution in [3.05, 3.63) is 21.9 Å². The van der Waals surface area contributed by atoms with E-state index in [2.05, 4.69) is 22.4 Å². The third kappa shape index (κ3) is 3.04. The normalized spacial score (nSPS) is 27.3. The maximum absolute atomic E-state index is 12.9. The number of likely N-dealkylation sites (tertiary alicyclic amines) is 1. The summed E-state index contributed by atoms with van der Waals surface area (Å²) < 4.78 is 41.0. The standard InChI is InChI=1S/C15H16F3IN4Se/c1-22-6-5-14(7-9(14)8-22)20-11-4-2-3-10-12(24-15(16,17)18)13(19)21-23(10)11/h2-4,9,20H,5-8H2,1H3. The first-order valence-corrected chi connectivity index (χ1v) is 10.5. The summed E-state index contributed by atoms with van der Waals surface area (Å²) in [4.78, 5) is 2.33. The average Bonchev–Trinajstić information content (AvgIpc) is 3.09. The van der Waals surface area contributed by atoms with Crippen molar-refractivity contribution in [2.75, 3.05) is 25.5 Å². The van der Waals surface area contributed by atoms with Gasteiger partial charge in [-0.1, -0.05) is 0 Å². The van der Waals surface area contributed by atoms with Crippen molar-refractivity contribution >= 4 is 53.3 Å². The molecule has 0 amide bonds. The fraction of sp³-hybridized carbons (Fsp3) is 0.533. The Hall–Kier alpha value is -0.511. The van der Waals surface area contributed by atoms with Crippen molar-refractivity contribution in [3.8, 4) is 0 Å². The van der Waals surface area contributed by atoms with E-state index in [4.69, 9.17) is 0 Å². The molecular weight excluding hydrogens is 499 g/mol. The van der Waals surface area contributed by atoms with Crippen molar-refractivity contribution < 1.29 is 13.2 Å². The molecule has 9 heteroatoms. The second-order valence-electron chi connectivity index (χ2n) is 6.57. The van der Waals surface area contributed by atoms with Gasteiger partial charge in [0.1, 0.15) is 0 Å². The monoisotopic (exact) mass is 516 g/mol. The average molecular weight is 515 g/mol. The summed E-state index contributed by atoms with van der Waals surface area (Å²) in [6, 6.07) is 5.44. The molecule has 0 spiro atoms. The molecule has 2 fully saturated rings. The number of nitrogens with one attached hydrogen (secondary N) is 1. The summed E-state index contributed by atoms with van der Waals surface area (Å²) in [6.07, 6.45) is 2.17. The molecule has 1 N–H and O–H groups in total. The van der Waals surface area contributed by atoms with Crippen LogP contribution in [0.15, 0.2) is 18.2 Å². The van der Waals surface area contributed by atoms with E-state index in [1.165, 1.54) is 0 Å². The number of alkyl halides is 3. The number of hydrogen-bond donors (Lipinski definition) is 1. The Morgan fingerprint density at radius 1 is 1.42 bits per heavy atom. The van der Waals surface area contributed by atoms with Gasteiger partial charge in [-0.05, 0) is 0 Å². The van der Waals surface area contributed by atoms with Crippen LogP contribution in [0.1, 0.15) is 12.8 Å². The van der Waals surface area contributed by atoms with E-state index >= 15 is 0 Å². The molecule has 2 aromatic rings. The number of nitrogens with zero attached hydrogens (tertiary/aromatic N) is 3. The zero-order valence-corrected chi connectivity index (χ0v) is 16.8. The number of piperidine rings is 1. The van der Waals surface area contributed by atoms with Crippen LogP contribution in [0.5, 0.6) is 0 Å². The number of rotatable bonds is 3. The van der Waals surface area contributed by atoms with E-state index in [1.807, 2.05) is 34.7 Å². The first-order valence-electron chi connectivity index (χ1n) is 7.67. The van der Waals surface area contributed by atoms with E-state index in [0.29, 0.717) is 19.6 Å². The molecule has 4 rings (SSSR count). The Balaban J connectivity index is 1.67. The van der Waals surface area contributed by atoms with Gasteiger partial charge < -0.3 is 0 Å². The molecule has 1 aliphatic heterocycles. The number of aromatic nitrogens is 2. The third-order valence-electron chi connectivity index (χ3n) is 4.87. The molecule has 2 atom stereocenters. The van der Waals surface area contributed by atoms with Crippen LogP contribution < -0.4 is 9.78 Å². The molecule has 4 nitrogen and oxygen atoms in total. The molecule has 1 saturated heterocycles. The minimum atomic E-state index is -4.17. The van der Waals surface area contributed by atoms with Gasteiger partial charge in [0.2, 0.25) is 0 Å². The predicted octanol–water partition coefficient (Wildman–Crippen LogP) is 2.29. The van der Waals surface area contributed by atoms with Gasteiger partial charge in [-0.2, -0.15) is 0 Å². The molecule has 3 heterocycles. The number of fused-ring (bicyclic) bond motifs is 2. The Morgan fingerprint density at radius 3 is 2.92 bits per heavy atom. The quantitative estimate of drug-likeness (QED) is 0.504. The second kappa shape index (κ2) is 5.75. The Labute approximate surface area is 157 Å². The van der Waals surface area contributed by atoms with Gasteiger partial charge in [-0.25, -0.2) is 0 Å². The zero-order valence-electron chi connectivity index (χ0n) is 12.9. The summed E-state index contributed by atoms with van der Waals surface area (Å²) in [6.45, 7) is 2.11. The summed E-state index contributed by atoms with van der Waals surface area (Å²) >= 11 is 0.321. The molecule has 130 valence electrons. The van der Waals surface area contributed by atoms with E-state index in [9.17, 15) is 13.2 Å². The zero-order chi connectivity index (χ0) is 17.1. The summed E-state index contributed by atoms with van der Waals surface area (Å²) in [7, 11) is 2.13. The number of anilines is 1. The van der Waals surface area contributed by atoms with Crippen molar-refractivity contribution in [3.63, 3.8) is 0 Å². The van der Waals surface area contributed by atoms with Crippen LogP contribution in [-0.4, -0.2) is 60.2 Å². The van der Waals surface area contributed by atoms with Gasteiger partial charge >= 0.3 is 158 Å². The van der Waals surface area contributed by atoms with Crippen molar-refractivity contribution in [2.24, 2.45) is 5.92 Å². The fourth-order valence-corrected chi connectivity index (χ4v) is 5.94. The van der Waals surface area contributed by atoms with E-state index in [0.717, 1.165) is 31.7 Å². The Kier molecular flexibility index (Phi) is 4.06. The molecule has 2 aliphatic rings. The van der Waals surface area contributed by atoms with Gasteiger partial charge in [0, 0.05) is 0 Å². The van der Waals surface area contributed by atoms with Crippen molar-refractivity contribution in [1.29, 1.82) is 0 Å². The minimum absolute atomic E-state index is 0.0908. The second-order valence-corrected chi connectivity index (χ2v) is 9.85. The van der Waals surface area contributed by atoms with Crippen LogP contribution in [0.25, 0.3) is 5.52 Å². The predicted molar refractivity (Wildman–Crippen MR) is 95.9 cm³/mol. The van der Waals surface area contributed by atoms with Gasteiger partial charge in [-0.3, -0.25) is 0 Å². The summed E-state index contributed by atoms with van der Waals surface area (Å²) in [5.41, 5.74) is 0.649. The SMILES string of the molecule is CN1CCC2(Nc3cccc4c([Se]C(F)(F)F)c(I)nn34)CC2C1. The van der Waals surface area contributed by atoms with Crippen LogP contribution >= 0.6 is 22.6 Å². The maximum atomic E-state index is 12.9. The molecule has 2 unspecified atom stereocenters. The molecule has 2 aromatic heterocycles. The van der Waals surface area contributed by atoms with Crippen LogP contribution in [0, 0.1) is 9.62 Å². The van der Waals surface area contributed by atoms with Crippen molar-refractivity contribution in [2.45, 2.75) is 23.5 Å². The molecule has 1 saturated carbocycles. The molecule has 24 heavy (non-hydrogen) atoms. The topological polar surface area (TPSA) is 32.6 Å². The van der Waals surface area contributed by atoms with E-state index < -0.39 is 20.0 Å². The first-order chi connectivity index (χ1) is 11.3. The first kappa shape index (κ1) is 16.9. The van der Waals surface area contributed by atoms with Crippen molar-refractivity contribution in [1.82, 2.24) is 14.5 Å². The van der Waals surface area contributed by atoms with Crippen LogP contribution in [-0.2, 0) is 0 Å². The van der Waals surface area contributed by atoms with Crippen LogP contribution in [0.4, 0.5) is 19.0 Å². The van der Waals surface area contributed by atoms with Gasteiger partial charge in [0.05, 0.1) is 0 Å². The molecule has 0 bridgehead atoms. The van der Waals surface area contributed by atoms with Gasteiger partial charge in [0.15, 0.2) is 0 Å². The fourth-order valence-electron chi connectivity index (χ4n) is 3.58. The summed E-state index contributed by atoms with van der Waals surface area (Å²) in [5.74, 6) is 1.40. The summed E-state index contributed by atoms with van der Waals surface area (Å²) in [5, 5.41) is 3.80. The third-order valence-corrected chi connectivity index (χ3v) is 8.21. The van der Waals surface area contributed by atoms with E-state index in [-0.39, 0.29) is 5.54 Å². The molecule has 1 aliphatic carbocycles. The Bertz CT molecular complexity index is 793. The van der Waals surface area contributed by atoms with Gasteiger partial charge in [-0.15, -0.1) is 0 Å². The molecular formula is C15H16F3IN4Se. The molecule has 0 radical (unpaired) electrons. The van der Waals surface area contributed by atoms with E-state index in [1.54, 1.807) is 10.6 Å². The van der Waals surface area contributed by atoms with Gasteiger partial charge in [0.25, 0.3) is 0 Å².